The molecule has 2 aliphatic heterocycles. The van der Waals surface area contributed by atoms with E-state index in [-0.39, 0.29) is 0 Å². The second-order valence-electron chi connectivity index (χ2n) is 5.41. The molecule has 0 aromatic heterocycles. The summed E-state index contributed by atoms with van der Waals surface area (Å²) in [5, 5.41) is 3.44. The molecule has 1 aromatic carbocycles. The molecule has 0 bridgehead atoms. The van der Waals surface area contributed by atoms with Crippen LogP contribution in [0.25, 0.3) is 0 Å². The van der Waals surface area contributed by atoms with Gasteiger partial charge >= 0.3 is 0 Å². The normalized spacial score (nSPS) is 23.3. The van der Waals surface area contributed by atoms with Crippen molar-refractivity contribution in [3.63, 3.8) is 0 Å². The first kappa shape index (κ1) is 12.2. The van der Waals surface area contributed by atoms with Crippen LogP contribution in [0, 0.1) is 0 Å². The summed E-state index contributed by atoms with van der Waals surface area (Å²) in [5.41, 5.74) is 4.56. The van der Waals surface area contributed by atoms with E-state index in [9.17, 15) is 0 Å². The first-order valence-corrected chi connectivity index (χ1v) is 6.93. The summed E-state index contributed by atoms with van der Waals surface area (Å²) in [6.07, 6.45) is 2.34. The van der Waals surface area contributed by atoms with Crippen LogP contribution in [0.3, 0.4) is 0 Å². The van der Waals surface area contributed by atoms with Gasteiger partial charge in [0.1, 0.15) is 0 Å². The number of benzene rings is 1. The molecule has 3 rings (SSSR count). The number of nitrogens with zero attached hydrogens (tertiary/aromatic N) is 1. The second-order valence-corrected chi connectivity index (χ2v) is 5.41. The van der Waals surface area contributed by atoms with Gasteiger partial charge in [-0.2, -0.15) is 0 Å². The Morgan fingerprint density at radius 3 is 3.22 bits per heavy atom. The quantitative estimate of drug-likeness (QED) is 0.876. The first-order chi connectivity index (χ1) is 8.84. The highest BCUT2D eigenvalue weighted by molar-refractivity contribution is 5.37. The Bertz CT molecular complexity index is 413. The van der Waals surface area contributed by atoms with Crippen LogP contribution in [0.15, 0.2) is 18.2 Å². The minimum Gasteiger partial charge on any atom is -0.380 e. The molecule has 1 atom stereocenters. The summed E-state index contributed by atoms with van der Waals surface area (Å²) >= 11 is 0. The lowest BCUT2D eigenvalue weighted by molar-refractivity contribution is 0.156. The second kappa shape index (κ2) is 5.39. The molecule has 0 radical (unpaired) electrons. The third-order valence-electron chi connectivity index (χ3n) is 4.19. The van der Waals surface area contributed by atoms with Gasteiger partial charge in [0.15, 0.2) is 0 Å². The molecule has 3 nitrogen and oxygen atoms in total. The molecule has 0 spiro atoms. The Hall–Kier alpha value is -0.900. The number of hydrogen-bond donors (Lipinski definition) is 1. The van der Waals surface area contributed by atoms with Crippen LogP contribution in [-0.2, 0) is 24.2 Å². The molecule has 1 unspecified atom stereocenters. The van der Waals surface area contributed by atoms with Crippen LogP contribution in [0.2, 0.25) is 0 Å². The van der Waals surface area contributed by atoms with Crippen molar-refractivity contribution in [2.45, 2.75) is 32.0 Å². The van der Waals surface area contributed by atoms with Crippen LogP contribution in [-0.4, -0.2) is 37.7 Å². The Kier molecular flexibility index (Phi) is 3.64. The van der Waals surface area contributed by atoms with Gasteiger partial charge in [0.2, 0.25) is 0 Å². The molecule has 1 N–H and O–H groups in total. The highest BCUT2D eigenvalue weighted by Crippen LogP contribution is 2.21. The summed E-state index contributed by atoms with van der Waals surface area (Å²) in [4.78, 5) is 2.45. The smallest absolute Gasteiger partial charge is 0.0622 e. The molecule has 3 heteroatoms. The maximum atomic E-state index is 5.48. The Labute approximate surface area is 109 Å². The molecular weight excluding hydrogens is 224 g/mol. The van der Waals surface area contributed by atoms with Gasteiger partial charge < -0.3 is 10.1 Å². The van der Waals surface area contributed by atoms with E-state index in [1.807, 2.05) is 0 Å². The fourth-order valence-corrected chi connectivity index (χ4v) is 3.03. The molecule has 98 valence electrons. The molecule has 0 saturated carbocycles. The van der Waals surface area contributed by atoms with Gasteiger partial charge in [0.05, 0.1) is 6.61 Å². The molecular formula is C15H22N2O. The van der Waals surface area contributed by atoms with E-state index in [1.165, 1.54) is 24.0 Å². The SMILES string of the molecule is CN(Cc1cccc2c1CCNC2)C1CCOC1. The fourth-order valence-electron chi connectivity index (χ4n) is 3.03. The number of fused-ring (bicyclic) bond motifs is 1. The van der Waals surface area contributed by atoms with Crippen LogP contribution in [0.1, 0.15) is 23.1 Å². The largest absolute Gasteiger partial charge is 0.380 e. The van der Waals surface area contributed by atoms with Crippen LogP contribution in [0.5, 0.6) is 0 Å². The van der Waals surface area contributed by atoms with Crippen molar-refractivity contribution in [3.8, 4) is 0 Å². The van der Waals surface area contributed by atoms with E-state index in [2.05, 4.69) is 35.5 Å². The van der Waals surface area contributed by atoms with Gasteiger partial charge in [-0.1, -0.05) is 18.2 Å². The number of hydrogen-bond acceptors (Lipinski definition) is 3. The minimum absolute atomic E-state index is 0.600. The van der Waals surface area contributed by atoms with E-state index >= 15 is 0 Å². The molecule has 18 heavy (non-hydrogen) atoms. The van der Waals surface area contributed by atoms with Crippen molar-refractivity contribution < 1.29 is 4.74 Å². The number of rotatable bonds is 3. The van der Waals surface area contributed by atoms with Crippen molar-refractivity contribution >= 4 is 0 Å². The molecule has 1 fully saturated rings. The molecule has 2 aliphatic rings. The Morgan fingerprint density at radius 2 is 2.39 bits per heavy atom. The minimum atomic E-state index is 0.600. The molecule has 1 aromatic rings. The van der Waals surface area contributed by atoms with Gasteiger partial charge in [-0.3, -0.25) is 4.90 Å². The van der Waals surface area contributed by atoms with Crippen LogP contribution < -0.4 is 5.32 Å². The number of ether oxygens (including phenoxy) is 1. The zero-order valence-electron chi connectivity index (χ0n) is 11.1. The predicted octanol–water partition coefficient (Wildman–Crippen LogP) is 1.55. The average molecular weight is 246 g/mol. The monoisotopic (exact) mass is 246 g/mol. The van der Waals surface area contributed by atoms with Gasteiger partial charge in [-0.15, -0.1) is 0 Å². The lowest BCUT2D eigenvalue weighted by atomic mass is 9.95. The summed E-state index contributed by atoms with van der Waals surface area (Å²) < 4.78 is 5.48. The summed E-state index contributed by atoms with van der Waals surface area (Å²) in [6, 6.07) is 7.34. The molecule has 2 heterocycles. The van der Waals surface area contributed by atoms with Gasteiger partial charge in [0, 0.05) is 25.7 Å². The van der Waals surface area contributed by atoms with Crippen molar-refractivity contribution in [2.24, 2.45) is 0 Å². The van der Waals surface area contributed by atoms with Gasteiger partial charge in [-0.25, -0.2) is 0 Å². The van der Waals surface area contributed by atoms with Crippen LogP contribution in [0.4, 0.5) is 0 Å². The highest BCUT2D eigenvalue weighted by Gasteiger charge is 2.21. The highest BCUT2D eigenvalue weighted by atomic mass is 16.5. The van der Waals surface area contributed by atoms with E-state index in [0.29, 0.717) is 6.04 Å². The maximum absolute atomic E-state index is 5.48. The maximum Gasteiger partial charge on any atom is 0.0622 e. The lowest BCUT2D eigenvalue weighted by Crippen LogP contribution is -2.32. The summed E-state index contributed by atoms with van der Waals surface area (Å²) in [6.45, 7) is 5.01. The third kappa shape index (κ3) is 2.44. The lowest BCUT2D eigenvalue weighted by Gasteiger charge is -2.26. The standard InChI is InChI=1S/C15H22N2O/c1-17(14-6-8-18-11-14)10-13-4-2-3-12-9-16-7-5-15(12)13/h2-4,14,16H,5-11H2,1H3. The van der Waals surface area contributed by atoms with E-state index < -0.39 is 0 Å². The zero-order chi connectivity index (χ0) is 12.4. The summed E-state index contributed by atoms with van der Waals surface area (Å²) in [5.74, 6) is 0. The van der Waals surface area contributed by atoms with E-state index in [1.54, 1.807) is 5.56 Å². The zero-order valence-corrected chi connectivity index (χ0v) is 11.1. The molecule has 1 saturated heterocycles. The van der Waals surface area contributed by atoms with E-state index in [0.717, 1.165) is 32.8 Å². The summed E-state index contributed by atoms with van der Waals surface area (Å²) in [7, 11) is 2.22. The van der Waals surface area contributed by atoms with Crippen molar-refractivity contribution in [1.82, 2.24) is 10.2 Å². The topological polar surface area (TPSA) is 24.5 Å². The number of nitrogens with one attached hydrogen (secondary N) is 1. The van der Waals surface area contributed by atoms with Crippen molar-refractivity contribution in [2.75, 3.05) is 26.8 Å². The molecule has 0 amide bonds. The van der Waals surface area contributed by atoms with Crippen LogP contribution >= 0.6 is 0 Å². The van der Waals surface area contributed by atoms with Gasteiger partial charge in [-0.05, 0) is 43.1 Å². The average Bonchev–Trinajstić information content (AvgIpc) is 2.93. The first-order valence-electron chi connectivity index (χ1n) is 6.93. The third-order valence-corrected chi connectivity index (χ3v) is 4.19. The fraction of sp³-hybridized carbons (Fsp3) is 0.600. The Balaban J connectivity index is 1.75. The predicted molar refractivity (Wildman–Crippen MR) is 72.5 cm³/mol. The van der Waals surface area contributed by atoms with Gasteiger partial charge in [0.25, 0.3) is 0 Å². The van der Waals surface area contributed by atoms with Crippen molar-refractivity contribution in [3.05, 3.63) is 34.9 Å². The molecule has 0 aliphatic carbocycles. The van der Waals surface area contributed by atoms with E-state index in [4.69, 9.17) is 4.74 Å². The Morgan fingerprint density at radius 1 is 1.44 bits per heavy atom. The van der Waals surface area contributed by atoms with Crippen molar-refractivity contribution in [1.29, 1.82) is 0 Å². The number of likely N-dealkylation sites (N-methyl/N-ethyl adjacent to an activating group) is 1.